The van der Waals surface area contributed by atoms with E-state index < -0.39 is 0 Å². The van der Waals surface area contributed by atoms with Gasteiger partial charge in [0, 0.05) is 38.8 Å². The Morgan fingerprint density at radius 2 is 2.22 bits per heavy atom. The molecule has 2 fully saturated rings. The largest absolute Gasteiger partial charge is 0.396 e. The molecule has 4 rings (SSSR count). The molecule has 1 aromatic carbocycles. The summed E-state index contributed by atoms with van der Waals surface area (Å²) in [5, 5.41) is 12.4. The van der Waals surface area contributed by atoms with E-state index in [4.69, 9.17) is 0 Å². The molecule has 2 aliphatic rings. The number of piperazine rings is 1. The van der Waals surface area contributed by atoms with Crippen molar-refractivity contribution in [3.05, 3.63) is 29.6 Å². The van der Waals surface area contributed by atoms with Crippen LogP contribution in [0.1, 0.15) is 30.7 Å². The SMILES string of the molecule is Cc1ccc2nc(CNC(=O)N3CCN(CC4CC4)[C@@H](CCO)C3)[nH]c2c1. The summed E-state index contributed by atoms with van der Waals surface area (Å²) in [7, 11) is 0. The second-order valence-corrected chi connectivity index (χ2v) is 7.91. The number of aryl methyl sites for hydroxylation is 1. The van der Waals surface area contributed by atoms with Gasteiger partial charge in [0.15, 0.2) is 0 Å². The van der Waals surface area contributed by atoms with Crippen LogP contribution in [-0.2, 0) is 6.54 Å². The Labute approximate surface area is 159 Å². The zero-order valence-electron chi connectivity index (χ0n) is 15.9. The van der Waals surface area contributed by atoms with Gasteiger partial charge in [-0.1, -0.05) is 6.07 Å². The molecule has 1 aromatic heterocycles. The van der Waals surface area contributed by atoms with Crippen molar-refractivity contribution >= 4 is 17.1 Å². The van der Waals surface area contributed by atoms with Crippen LogP contribution in [0.5, 0.6) is 0 Å². The Bertz CT molecular complexity index is 801. The van der Waals surface area contributed by atoms with Crippen LogP contribution >= 0.6 is 0 Å². The van der Waals surface area contributed by atoms with Crippen molar-refractivity contribution in [1.29, 1.82) is 0 Å². The first-order chi connectivity index (χ1) is 13.1. The normalized spacial score (nSPS) is 21.0. The zero-order chi connectivity index (χ0) is 18.8. The number of benzene rings is 1. The number of urea groups is 1. The van der Waals surface area contributed by atoms with E-state index >= 15 is 0 Å². The maximum Gasteiger partial charge on any atom is 0.317 e. The summed E-state index contributed by atoms with van der Waals surface area (Å²) in [5.41, 5.74) is 3.10. The van der Waals surface area contributed by atoms with Crippen LogP contribution in [0.3, 0.4) is 0 Å². The fourth-order valence-electron chi connectivity index (χ4n) is 3.90. The number of carbonyl (C=O) groups excluding carboxylic acids is 1. The van der Waals surface area contributed by atoms with Crippen molar-refractivity contribution < 1.29 is 9.90 Å². The number of aliphatic hydroxyl groups is 1. The number of nitrogens with one attached hydrogen (secondary N) is 2. The summed E-state index contributed by atoms with van der Waals surface area (Å²) in [6.45, 7) is 6.02. The van der Waals surface area contributed by atoms with Gasteiger partial charge in [0.1, 0.15) is 5.82 Å². The van der Waals surface area contributed by atoms with Crippen LogP contribution < -0.4 is 5.32 Å². The van der Waals surface area contributed by atoms with E-state index in [0.717, 1.165) is 48.8 Å². The Morgan fingerprint density at radius 1 is 1.37 bits per heavy atom. The monoisotopic (exact) mass is 371 g/mol. The number of amides is 2. The summed E-state index contributed by atoms with van der Waals surface area (Å²) in [4.78, 5) is 24.8. The molecule has 7 nitrogen and oxygen atoms in total. The Hall–Kier alpha value is -2.12. The third-order valence-corrected chi connectivity index (χ3v) is 5.64. The predicted octanol–water partition coefficient (Wildman–Crippen LogP) is 1.86. The first-order valence-electron chi connectivity index (χ1n) is 9.95. The van der Waals surface area contributed by atoms with Crippen molar-refractivity contribution in [2.45, 2.75) is 38.8 Å². The summed E-state index contributed by atoms with van der Waals surface area (Å²) < 4.78 is 0. The van der Waals surface area contributed by atoms with Crippen molar-refractivity contribution in [3.63, 3.8) is 0 Å². The third-order valence-electron chi connectivity index (χ3n) is 5.64. The van der Waals surface area contributed by atoms with Gasteiger partial charge in [0.25, 0.3) is 0 Å². The molecular weight excluding hydrogens is 342 g/mol. The second kappa shape index (κ2) is 7.86. The molecule has 0 radical (unpaired) electrons. The number of aromatic amines is 1. The van der Waals surface area contributed by atoms with Crippen LogP contribution in [0.2, 0.25) is 0 Å². The van der Waals surface area contributed by atoms with Crippen LogP contribution in [0.25, 0.3) is 11.0 Å². The minimum Gasteiger partial charge on any atom is -0.396 e. The molecule has 7 heteroatoms. The smallest absolute Gasteiger partial charge is 0.317 e. The molecule has 0 spiro atoms. The van der Waals surface area contributed by atoms with E-state index in [1.165, 1.54) is 18.4 Å². The molecule has 1 aliphatic carbocycles. The molecule has 146 valence electrons. The fourth-order valence-corrected chi connectivity index (χ4v) is 3.90. The van der Waals surface area contributed by atoms with E-state index in [9.17, 15) is 9.90 Å². The Balaban J connectivity index is 1.33. The lowest BCUT2D eigenvalue weighted by Crippen LogP contribution is -2.57. The van der Waals surface area contributed by atoms with Gasteiger partial charge in [-0.2, -0.15) is 0 Å². The van der Waals surface area contributed by atoms with Gasteiger partial charge < -0.3 is 20.3 Å². The second-order valence-electron chi connectivity index (χ2n) is 7.91. The zero-order valence-corrected chi connectivity index (χ0v) is 15.9. The lowest BCUT2D eigenvalue weighted by Gasteiger charge is -2.41. The van der Waals surface area contributed by atoms with Crippen molar-refractivity contribution in [2.75, 3.05) is 32.8 Å². The summed E-state index contributed by atoms with van der Waals surface area (Å²) in [6.07, 6.45) is 3.37. The number of hydrogen-bond donors (Lipinski definition) is 3. The highest BCUT2D eigenvalue weighted by Gasteiger charge is 2.33. The molecule has 2 amide bonds. The first kappa shape index (κ1) is 18.3. The highest BCUT2D eigenvalue weighted by molar-refractivity contribution is 5.76. The number of fused-ring (bicyclic) bond motifs is 1. The van der Waals surface area contributed by atoms with Crippen molar-refractivity contribution in [2.24, 2.45) is 5.92 Å². The molecule has 2 aromatic rings. The number of nitrogens with zero attached hydrogens (tertiary/aromatic N) is 3. The molecule has 0 bridgehead atoms. The lowest BCUT2D eigenvalue weighted by atomic mass is 10.1. The highest BCUT2D eigenvalue weighted by Crippen LogP contribution is 2.31. The topological polar surface area (TPSA) is 84.5 Å². The van der Waals surface area contributed by atoms with Gasteiger partial charge in [0.2, 0.25) is 0 Å². The maximum atomic E-state index is 12.6. The highest BCUT2D eigenvalue weighted by atomic mass is 16.3. The van der Waals surface area contributed by atoms with E-state index in [0.29, 0.717) is 13.1 Å². The summed E-state index contributed by atoms with van der Waals surface area (Å²) in [6, 6.07) is 6.29. The minimum atomic E-state index is -0.0550. The molecule has 1 saturated heterocycles. The Morgan fingerprint density at radius 3 is 3.00 bits per heavy atom. The number of rotatable bonds is 6. The molecule has 0 unspecified atom stereocenters. The molecule has 27 heavy (non-hydrogen) atoms. The van der Waals surface area contributed by atoms with Crippen LogP contribution in [0.4, 0.5) is 4.79 Å². The number of carbonyl (C=O) groups is 1. The van der Waals surface area contributed by atoms with E-state index in [2.05, 4.69) is 26.3 Å². The molecule has 2 heterocycles. The van der Waals surface area contributed by atoms with Crippen molar-refractivity contribution in [1.82, 2.24) is 25.1 Å². The molecule has 1 aliphatic heterocycles. The number of aliphatic hydroxyl groups excluding tert-OH is 1. The number of H-pyrrole nitrogens is 1. The summed E-state index contributed by atoms with van der Waals surface area (Å²) >= 11 is 0. The standard InChI is InChI=1S/C20H29N5O2/c1-14-2-5-17-18(10-14)23-19(22-17)11-21-20(27)25-8-7-24(12-15-3-4-15)16(13-25)6-9-26/h2,5,10,15-16,26H,3-4,6-9,11-13H2,1H3,(H,21,27)(H,22,23)/t16-/m0/s1. The van der Waals surface area contributed by atoms with Crippen LogP contribution in [-0.4, -0.2) is 69.7 Å². The summed E-state index contributed by atoms with van der Waals surface area (Å²) in [5.74, 6) is 1.59. The average Bonchev–Trinajstić information content (AvgIpc) is 3.38. The van der Waals surface area contributed by atoms with Gasteiger partial charge in [-0.25, -0.2) is 9.78 Å². The molecule has 1 atom stereocenters. The van der Waals surface area contributed by atoms with Crippen LogP contribution in [0.15, 0.2) is 18.2 Å². The van der Waals surface area contributed by atoms with Crippen molar-refractivity contribution in [3.8, 4) is 0 Å². The van der Waals surface area contributed by atoms with E-state index in [1.54, 1.807) is 0 Å². The van der Waals surface area contributed by atoms with Gasteiger partial charge in [-0.15, -0.1) is 0 Å². The maximum absolute atomic E-state index is 12.6. The number of hydrogen-bond acceptors (Lipinski definition) is 4. The molecular formula is C20H29N5O2. The quantitative estimate of drug-likeness (QED) is 0.724. The third kappa shape index (κ3) is 4.42. The number of imidazole rings is 1. The van der Waals surface area contributed by atoms with Gasteiger partial charge in [-0.3, -0.25) is 4.90 Å². The minimum absolute atomic E-state index is 0.0550. The fraction of sp³-hybridized carbons (Fsp3) is 0.600. The van der Waals surface area contributed by atoms with E-state index in [1.807, 2.05) is 24.0 Å². The van der Waals surface area contributed by atoms with Gasteiger partial charge in [-0.05, 0) is 49.8 Å². The first-order valence-corrected chi connectivity index (χ1v) is 9.95. The number of aromatic nitrogens is 2. The molecule has 1 saturated carbocycles. The average molecular weight is 371 g/mol. The molecule has 3 N–H and O–H groups in total. The van der Waals surface area contributed by atoms with E-state index in [-0.39, 0.29) is 18.7 Å². The van der Waals surface area contributed by atoms with Gasteiger partial charge >= 0.3 is 6.03 Å². The predicted molar refractivity (Wildman–Crippen MR) is 104 cm³/mol. The van der Waals surface area contributed by atoms with Crippen LogP contribution in [0, 0.1) is 12.8 Å². The lowest BCUT2D eigenvalue weighted by molar-refractivity contribution is 0.0702. The van der Waals surface area contributed by atoms with Gasteiger partial charge in [0.05, 0.1) is 17.6 Å². The Kier molecular flexibility index (Phi) is 5.31.